The molecule has 0 unspecified atom stereocenters. The van der Waals surface area contributed by atoms with Gasteiger partial charge in [0, 0.05) is 12.6 Å². The molecule has 0 saturated carbocycles. The summed E-state index contributed by atoms with van der Waals surface area (Å²) in [6.45, 7) is 5.10. The number of benzene rings is 1. The number of phenols is 1. The van der Waals surface area contributed by atoms with Crippen molar-refractivity contribution in [3.05, 3.63) is 23.8 Å². The van der Waals surface area contributed by atoms with E-state index in [-0.39, 0.29) is 5.75 Å². The highest BCUT2D eigenvalue weighted by Crippen LogP contribution is 2.26. The maximum Gasteiger partial charge on any atom is 0.160 e. The van der Waals surface area contributed by atoms with Gasteiger partial charge in [-0.05, 0) is 31.0 Å². The quantitative estimate of drug-likeness (QED) is 0.781. The average Bonchev–Trinajstić information content (AvgIpc) is 2.27. The molecule has 0 aliphatic rings. The van der Waals surface area contributed by atoms with E-state index >= 15 is 0 Å². The van der Waals surface area contributed by atoms with Gasteiger partial charge in [0.05, 0.1) is 7.11 Å². The lowest BCUT2D eigenvalue weighted by atomic mass is 10.2. The number of ether oxygens (including phenoxy) is 1. The van der Waals surface area contributed by atoms with E-state index in [1.54, 1.807) is 13.2 Å². The van der Waals surface area contributed by atoms with Gasteiger partial charge in [-0.2, -0.15) is 0 Å². The monoisotopic (exact) mass is 209 g/mol. The van der Waals surface area contributed by atoms with Crippen molar-refractivity contribution < 1.29 is 9.84 Å². The molecular formula is C12H19NO2. The second-order valence-electron chi connectivity index (χ2n) is 3.70. The molecule has 3 nitrogen and oxygen atoms in total. The van der Waals surface area contributed by atoms with Crippen molar-refractivity contribution in [3.8, 4) is 11.5 Å². The lowest BCUT2D eigenvalue weighted by Gasteiger charge is -2.12. The second-order valence-corrected chi connectivity index (χ2v) is 3.70. The first-order valence-corrected chi connectivity index (χ1v) is 5.26. The average molecular weight is 209 g/mol. The fraction of sp³-hybridized carbons (Fsp3) is 0.500. The minimum absolute atomic E-state index is 0.185. The molecule has 0 heterocycles. The summed E-state index contributed by atoms with van der Waals surface area (Å²) in [4.78, 5) is 0. The zero-order valence-corrected chi connectivity index (χ0v) is 9.58. The SMILES string of the molecule is CC[C@H](C)NCc1ccc(O)c(OC)c1. The van der Waals surface area contributed by atoms with Crippen molar-refractivity contribution >= 4 is 0 Å². The van der Waals surface area contributed by atoms with Gasteiger partial charge in [-0.15, -0.1) is 0 Å². The van der Waals surface area contributed by atoms with Gasteiger partial charge in [-0.1, -0.05) is 13.0 Å². The minimum Gasteiger partial charge on any atom is -0.504 e. The fourth-order valence-corrected chi connectivity index (χ4v) is 1.27. The summed E-state index contributed by atoms with van der Waals surface area (Å²) in [5.41, 5.74) is 1.12. The molecule has 0 radical (unpaired) electrons. The van der Waals surface area contributed by atoms with E-state index in [1.165, 1.54) is 0 Å². The Balaban J connectivity index is 2.62. The van der Waals surface area contributed by atoms with E-state index in [4.69, 9.17) is 4.74 Å². The van der Waals surface area contributed by atoms with Crippen LogP contribution in [0.15, 0.2) is 18.2 Å². The molecule has 0 aliphatic heterocycles. The van der Waals surface area contributed by atoms with Gasteiger partial charge in [0.2, 0.25) is 0 Å². The summed E-state index contributed by atoms with van der Waals surface area (Å²) in [6.07, 6.45) is 1.11. The summed E-state index contributed by atoms with van der Waals surface area (Å²) in [5.74, 6) is 0.711. The molecule has 0 bridgehead atoms. The lowest BCUT2D eigenvalue weighted by Crippen LogP contribution is -2.24. The maximum atomic E-state index is 9.41. The van der Waals surface area contributed by atoms with Gasteiger partial charge in [0.25, 0.3) is 0 Å². The van der Waals surface area contributed by atoms with Crippen LogP contribution >= 0.6 is 0 Å². The third-order valence-electron chi connectivity index (χ3n) is 2.51. The van der Waals surface area contributed by atoms with E-state index < -0.39 is 0 Å². The lowest BCUT2D eigenvalue weighted by molar-refractivity contribution is 0.372. The molecule has 1 aromatic carbocycles. The fourth-order valence-electron chi connectivity index (χ4n) is 1.27. The Morgan fingerprint density at radius 1 is 1.47 bits per heavy atom. The van der Waals surface area contributed by atoms with E-state index in [0.29, 0.717) is 11.8 Å². The molecule has 0 fully saturated rings. The van der Waals surface area contributed by atoms with Gasteiger partial charge in [-0.25, -0.2) is 0 Å². The highest BCUT2D eigenvalue weighted by molar-refractivity contribution is 5.41. The molecule has 1 rings (SSSR count). The van der Waals surface area contributed by atoms with Crippen molar-refractivity contribution in [1.29, 1.82) is 0 Å². The Hall–Kier alpha value is -1.22. The zero-order valence-electron chi connectivity index (χ0n) is 9.58. The minimum atomic E-state index is 0.185. The predicted octanol–water partition coefficient (Wildman–Crippen LogP) is 2.29. The van der Waals surface area contributed by atoms with E-state index in [9.17, 15) is 5.11 Å². The van der Waals surface area contributed by atoms with E-state index in [1.807, 2.05) is 12.1 Å². The largest absolute Gasteiger partial charge is 0.504 e. The van der Waals surface area contributed by atoms with Crippen molar-refractivity contribution in [2.75, 3.05) is 7.11 Å². The summed E-state index contributed by atoms with van der Waals surface area (Å²) >= 11 is 0. The van der Waals surface area contributed by atoms with Gasteiger partial charge in [0.1, 0.15) is 0 Å². The number of phenolic OH excluding ortho intramolecular Hbond substituents is 1. The summed E-state index contributed by atoms with van der Waals surface area (Å²) < 4.78 is 5.04. The third-order valence-corrected chi connectivity index (χ3v) is 2.51. The Bertz CT molecular complexity index is 312. The predicted molar refractivity (Wildman–Crippen MR) is 61.3 cm³/mol. The number of hydrogen-bond acceptors (Lipinski definition) is 3. The first-order valence-electron chi connectivity index (χ1n) is 5.26. The third kappa shape index (κ3) is 3.44. The van der Waals surface area contributed by atoms with E-state index in [2.05, 4.69) is 19.2 Å². The second kappa shape index (κ2) is 5.61. The first kappa shape index (κ1) is 11.9. The standard InChI is InChI=1S/C12H19NO2/c1-4-9(2)13-8-10-5-6-11(14)12(7-10)15-3/h5-7,9,13-14H,4,8H2,1-3H3/t9-/m0/s1. The van der Waals surface area contributed by atoms with Crippen LogP contribution in [0.3, 0.4) is 0 Å². The van der Waals surface area contributed by atoms with Crippen molar-refractivity contribution in [1.82, 2.24) is 5.32 Å². The summed E-state index contributed by atoms with van der Waals surface area (Å²) in [5, 5.41) is 12.8. The molecule has 2 N–H and O–H groups in total. The normalized spacial score (nSPS) is 12.5. The topological polar surface area (TPSA) is 41.5 Å². The summed E-state index contributed by atoms with van der Waals surface area (Å²) in [7, 11) is 1.56. The summed E-state index contributed by atoms with van der Waals surface area (Å²) in [6, 6.07) is 5.91. The number of methoxy groups -OCH3 is 1. The Labute approximate surface area is 91.1 Å². The Morgan fingerprint density at radius 3 is 2.80 bits per heavy atom. The zero-order chi connectivity index (χ0) is 11.3. The number of nitrogens with one attached hydrogen (secondary N) is 1. The van der Waals surface area contributed by atoms with Crippen molar-refractivity contribution in [3.63, 3.8) is 0 Å². The highest BCUT2D eigenvalue weighted by Gasteiger charge is 2.03. The van der Waals surface area contributed by atoms with Gasteiger partial charge < -0.3 is 15.2 Å². The highest BCUT2D eigenvalue weighted by atomic mass is 16.5. The van der Waals surface area contributed by atoms with Crippen LogP contribution in [-0.2, 0) is 6.54 Å². The molecule has 0 aliphatic carbocycles. The molecule has 0 aromatic heterocycles. The van der Waals surface area contributed by atoms with Crippen LogP contribution < -0.4 is 10.1 Å². The van der Waals surface area contributed by atoms with Gasteiger partial charge in [-0.3, -0.25) is 0 Å². The van der Waals surface area contributed by atoms with Gasteiger partial charge >= 0.3 is 0 Å². The molecule has 84 valence electrons. The molecule has 1 atom stereocenters. The molecule has 1 aromatic rings. The molecule has 0 saturated heterocycles. The van der Waals surface area contributed by atoms with Crippen LogP contribution in [0.25, 0.3) is 0 Å². The van der Waals surface area contributed by atoms with E-state index in [0.717, 1.165) is 18.5 Å². The Kier molecular flexibility index (Phi) is 4.43. The van der Waals surface area contributed by atoms with Crippen LogP contribution in [-0.4, -0.2) is 18.3 Å². The van der Waals surface area contributed by atoms with Crippen LogP contribution in [0.5, 0.6) is 11.5 Å². The number of aromatic hydroxyl groups is 1. The van der Waals surface area contributed by atoms with Crippen LogP contribution in [0.1, 0.15) is 25.8 Å². The van der Waals surface area contributed by atoms with Crippen LogP contribution in [0.4, 0.5) is 0 Å². The van der Waals surface area contributed by atoms with Crippen molar-refractivity contribution in [2.24, 2.45) is 0 Å². The molecule has 0 amide bonds. The van der Waals surface area contributed by atoms with Crippen LogP contribution in [0, 0.1) is 0 Å². The number of hydrogen-bond donors (Lipinski definition) is 2. The number of rotatable bonds is 5. The van der Waals surface area contributed by atoms with Crippen molar-refractivity contribution in [2.45, 2.75) is 32.9 Å². The van der Waals surface area contributed by atoms with Crippen LogP contribution in [0.2, 0.25) is 0 Å². The molecular weight excluding hydrogens is 190 g/mol. The molecule has 3 heteroatoms. The molecule has 15 heavy (non-hydrogen) atoms. The smallest absolute Gasteiger partial charge is 0.160 e. The maximum absolute atomic E-state index is 9.41. The Morgan fingerprint density at radius 2 is 2.20 bits per heavy atom. The van der Waals surface area contributed by atoms with Gasteiger partial charge in [0.15, 0.2) is 11.5 Å². The first-order chi connectivity index (χ1) is 7.17. The molecule has 0 spiro atoms.